The summed E-state index contributed by atoms with van der Waals surface area (Å²) in [6.45, 7) is 6.21. The molecule has 0 aromatic heterocycles. The van der Waals surface area contributed by atoms with E-state index in [9.17, 15) is 9.59 Å². The second kappa shape index (κ2) is 8.47. The minimum Gasteiger partial charge on any atom is -0.357 e. The number of rotatable bonds is 6. The zero-order chi connectivity index (χ0) is 18.4. The Kier molecular flexibility index (Phi) is 6.34. The highest BCUT2D eigenvalue weighted by Crippen LogP contribution is 2.14. The van der Waals surface area contributed by atoms with E-state index in [0.717, 1.165) is 22.3 Å². The monoisotopic (exact) mass is 338 g/mol. The van der Waals surface area contributed by atoms with Crippen LogP contribution in [0.4, 0.5) is 0 Å². The van der Waals surface area contributed by atoms with E-state index in [1.807, 2.05) is 62.4 Å². The molecule has 0 fully saturated rings. The summed E-state index contributed by atoms with van der Waals surface area (Å²) in [7, 11) is 1.59. The van der Waals surface area contributed by atoms with Gasteiger partial charge in [0.25, 0.3) is 0 Å². The lowest BCUT2D eigenvalue weighted by Crippen LogP contribution is -2.47. The number of benzene rings is 2. The highest BCUT2D eigenvalue weighted by molar-refractivity contribution is 5.88. The summed E-state index contributed by atoms with van der Waals surface area (Å²) in [4.78, 5) is 26.7. The molecule has 2 amide bonds. The van der Waals surface area contributed by atoms with Crippen LogP contribution < -0.4 is 5.32 Å². The topological polar surface area (TPSA) is 49.4 Å². The largest absolute Gasteiger partial charge is 0.357 e. The quantitative estimate of drug-likeness (QED) is 0.880. The summed E-state index contributed by atoms with van der Waals surface area (Å²) in [5, 5.41) is 2.64. The zero-order valence-electron chi connectivity index (χ0n) is 15.4. The summed E-state index contributed by atoms with van der Waals surface area (Å²) in [6.07, 6.45) is 0.287. The molecule has 1 atom stereocenters. The molecule has 0 heterocycles. The van der Waals surface area contributed by atoms with Crippen LogP contribution in [0.25, 0.3) is 0 Å². The van der Waals surface area contributed by atoms with E-state index < -0.39 is 6.04 Å². The molecule has 25 heavy (non-hydrogen) atoms. The summed E-state index contributed by atoms with van der Waals surface area (Å²) in [5.74, 6) is -0.214. The molecule has 0 spiro atoms. The van der Waals surface area contributed by atoms with Crippen molar-refractivity contribution in [1.82, 2.24) is 10.2 Å². The number of carbonyl (C=O) groups is 2. The van der Waals surface area contributed by atoms with Gasteiger partial charge >= 0.3 is 0 Å². The molecule has 1 N–H and O–H groups in total. The Bertz CT molecular complexity index is 755. The second-order valence-corrected chi connectivity index (χ2v) is 6.47. The van der Waals surface area contributed by atoms with Gasteiger partial charge in [-0.1, -0.05) is 59.7 Å². The Morgan fingerprint density at radius 2 is 1.56 bits per heavy atom. The molecular formula is C21H26N2O2. The van der Waals surface area contributed by atoms with E-state index in [0.29, 0.717) is 6.54 Å². The highest BCUT2D eigenvalue weighted by atomic mass is 16.2. The number of amides is 2. The third kappa shape index (κ3) is 5.18. The Morgan fingerprint density at radius 1 is 1.00 bits per heavy atom. The number of hydrogen-bond acceptors (Lipinski definition) is 2. The normalized spacial score (nSPS) is 11.7. The van der Waals surface area contributed by atoms with E-state index in [4.69, 9.17) is 0 Å². The average Bonchev–Trinajstić information content (AvgIpc) is 2.58. The lowest BCUT2D eigenvalue weighted by Gasteiger charge is -2.28. The second-order valence-electron chi connectivity index (χ2n) is 6.47. The first-order valence-corrected chi connectivity index (χ1v) is 8.53. The first-order valence-electron chi connectivity index (χ1n) is 8.53. The molecule has 0 aliphatic heterocycles. The predicted molar refractivity (Wildman–Crippen MR) is 100 cm³/mol. The van der Waals surface area contributed by atoms with Gasteiger partial charge in [-0.05, 0) is 31.9 Å². The van der Waals surface area contributed by atoms with Crippen LogP contribution in [0.3, 0.4) is 0 Å². The maximum Gasteiger partial charge on any atom is 0.242 e. The number of hydrogen-bond donors (Lipinski definition) is 1. The summed E-state index contributed by atoms with van der Waals surface area (Å²) in [5.41, 5.74) is 4.24. The fourth-order valence-electron chi connectivity index (χ4n) is 2.90. The van der Waals surface area contributed by atoms with Crippen LogP contribution in [0.5, 0.6) is 0 Å². The van der Waals surface area contributed by atoms with Gasteiger partial charge in [-0.15, -0.1) is 0 Å². The van der Waals surface area contributed by atoms with Crippen LogP contribution in [0, 0.1) is 13.8 Å². The van der Waals surface area contributed by atoms with E-state index in [2.05, 4.69) is 5.32 Å². The highest BCUT2D eigenvalue weighted by Gasteiger charge is 2.25. The van der Waals surface area contributed by atoms with Crippen molar-refractivity contribution in [3.63, 3.8) is 0 Å². The van der Waals surface area contributed by atoms with Gasteiger partial charge in [0.1, 0.15) is 6.04 Å². The van der Waals surface area contributed by atoms with Crippen molar-refractivity contribution < 1.29 is 9.59 Å². The van der Waals surface area contributed by atoms with Crippen LogP contribution in [0.2, 0.25) is 0 Å². The fraction of sp³-hybridized carbons (Fsp3) is 0.333. The summed E-state index contributed by atoms with van der Waals surface area (Å²) in [6, 6.07) is 15.4. The molecule has 0 aliphatic rings. The molecule has 0 saturated heterocycles. The minimum atomic E-state index is -0.525. The lowest BCUT2D eigenvalue weighted by molar-refractivity contribution is -0.139. The van der Waals surface area contributed by atoms with Crippen molar-refractivity contribution >= 4 is 11.8 Å². The van der Waals surface area contributed by atoms with E-state index >= 15 is 0 Å². The molecule has 0 bridgehead atoms. The third-order valence-corrected chi connectivity index (χ3v) is 4.29. The van der Waals surface area contributed by atoms with Crippen LogP contribution in [-0.4, -0.2) is 29.8 Å². The SMILES string of the molecule is CNC(=O)C(C)N(Cc1cccc(C)c1)C(=O)Cc1cccc(C)c1. The van der Waals surface area contributed by atoms with Crippen LogP contribution in [-0.2, 0) is 22.6 Å². The van der Waals surface area contributed by atoms with Crippen molar-refractivity contribution in [1.29, 1.82) is 0 Å². The van der Waals surface area contributed by atoms with Gasteiger partial charge in [-0.25, -0.2) is 0 Å². The van der Waals surface area contributed by atoms with Gasteiger partial charge < -0.3 is 10.2 Å². The molecule has 4 nitrogen and oxygen atoms in total. The number of aryl methyl sites for hydroxylation is 2. The Hall–Kier alpha value is -2.62. The van der Waals surface area contributed by atoms with Crippen molar-refractivity contribution in [3.05, 3.63) is 70.8 Å². The molecule has 0 radical (unpaired) electrons. The average molecular weight is 338 g/mol. The van der Waals surface area contributed by atoms with Crippen LogP contribution >= 0.6 is 0 Å². The molecule has 0 aliphatic carbocycles. The Labute approximate surface area is 149 Å². The molecule has 132 valence electrons. The third-order valence-electron chi connectivity index (χ3n) is 4.29. The number of carbonyl (C=O) groups excluding carboxylic acids is 2. The number of nitrogens with one attached hydrogen (secondary N) is 1. The summed E-state index contributed by atoms with van der Waals surface area (Å²) < 4.78 is 0. The number of nitrogens with zero attached hydrogens (tertiary/aromatic N) is 1. The Morgan fingerprint density at radius 3 is 2.12 bits per heavy atom. The molecule has 2 aromatic rings. The Balaban J connectivity index is 2.23. The molecule has 1 unspecified atom stereocenters. The van der Waals surface area contributed by atoms with Crippen molar-refractivity contribution in [3.8, 4) is 0 Å². The lowest BCUT2D eigenvalue weighted by atomic mass is 10.1. The smallest absolute Gasteiger partial charge is 0.242 e. The van der Waals surface area contributed by atoms with E-state index in [1.54, 1.807) is 18.9 Å². The van der Waals surface area contributed by atoms with E-state index in [-0.39, 0.29) is 18.2 Å². The minimum absolute atomic E-state index is 0.0526. The van der Waals surface area contributed by atoms with Gasteiger partial charge in [0, 0.05) is 13.6 Å². The number of likely N-dealkylation sites (N-methyl/N-ethyl adjacent to an activating group) is 1. The van der Waals surface area contributed by atoms with Crippen LogP contribution in [0.15, 0.2) is 48.5 Å². The summed E-state index contributed by atoms with van der Waals surface area (Å²) >= 11 is 0. The first-order chi connectivity index (χ1) is 11.9. The van der Waals surface area contributed by atoms with Crippen molar-refractivity contribution in [2.24, 2.45) is 0 Å². The maximum absolute atomic E-state index is 12.9. The fourth-order valence-corrected chi connectivity index (χ4v) is 2.90. The first kappa shape index (κ1) is 18.7. The van der Waals surface area contributed by atoms with Crippen molar-refractivity contribution in [2.75, 3.05) is 7.05 Å². The van der Waals surface area contributed by atoms with Crippen LogP contribution in [0.1, 0.15) is 29.2 Å². The molecular weight excluding hydrogens is 312 g/mol. The molecule has 0 saturated carbocycles. The van der Waals surface area contributed by atoms with E-state index in [1.165, 1.54) is 0 Å². The molecule has 4 heteroatoms. The molecule has 2 rings (SSSR count). The van der Waals surface area contributed by atoms with Gasteiger partial charge in [-0.3, -0.25) is 9.59 Å². The maximum atomic E-state index is 12.9. The van der Waals surface area contributed by atoms with Gasteiger partial charge in [-0.2, -0.15) is 0 Å². The zero-order valence-corrected chi connectivity index (χ0v) is 15.4. The van der Waals surface area contributed by atoms with Gasteiger partial charge in [0.15, 0.2) is 0 Å². The predicted octanol–water partition coefficient (Wildman–Crippen LogP) is 3.01. The standard InChI is InChI=1S/C21H26N2O2/c1-15-7-5-9-18(11-15)13-20(24)23(17(3)21(25)22-4)14-19-10-6-8-16(2)12-19/h5-12,17H,13-14H2,1-4H3,(H,22,25). The van der Waals surface area contributed by atoms with Crippen molar-refractivity contribution in [2.45, 2.75) is 39.8 Å². The van der Waals surface area contributed by atoms with Gasteiger partial charge in [0.05, 0.1) is 6.42 Å². The van der Waals surface area contributed by atoms with Gasteiger partial charge in [0.2, 0.25) is 11.8 Å². The molecule has 2 aromatic carbocycles.